The van der Waals surface area contributed by atoms with Crippen LogP contribution in [0.2, 0.25) is 0 Å². The zero-order valence-corrected chi connectivity index (χ0v) is 10.2. The third-order valence-electron chi connectivity index (χ3n) is 3.18. The summed E-state index contributed by atoms with van der Waals surface area (Å²) in [6.45, 7) is 2.17. The van der Waals surface area contributed by atoms with Crippen LogP contribution in [0.25, 0.3) is 0 Å². The van der Waals surface area contributed by atoms with Gasteiger partial charge < -0.3 is 5.32 Å². The minimum atomic E-state index is -0.189. The first-order valence-corrected chi connectivity index (χ1v) is 5.97. The standard InChI is InChI=1S/C10H14BrN3O/c1-2-10(4-3-5-10)13-7-6-12-14-9(15)8(7)11/h6H,2-5H2,1H3,(H2,13,14,15). The van der Waals surface area contributed by atoms with E-state index in [9.17, 15) is 4.79 Å². The molecule has 0 aromatic carbocycles. The minimum Gasteiger partial charge on any atom is -0.377 e. The molecule has 0 amide bonds. The van der Waals surface area contributed by atoms with Gasteiger partial charge in [0.25, 0.3) is 5.56 Å². The number of nitrogens with one attached hydrogen (secondary N) is 2. The summed E-state index contributed by atoms with van der Waals surface area (Å²) in [5.74, 6) is 0. The highest BCUT2D eigenvalue weighted by molar-refractivity contribution is 9.10. The second-order valence-corrected chi connectivity index (χ2v) is 4.83. The first kappa shape index (κ1) is 10.7. The van der Waals surface area contributed by atoms with Gasteiger partial charge in [-0.2, -0.15) is 5.10 Å². The van der Waals surface area contributed by atoms with Gasteiger partial charge in [-0.15, -0.1) is 0 Å². The maximum absolute atomic E-state index is 11.3. The van der Waals surface area contributed by atoms with Crippen molar-refractivity contribution in [3.05, 3.63) is 21.0 Å². The van der Waals surface area contributed by atoms with Crippen LogP contribution in [0.3, 0.4) is 0 Å². The Bertz CT molecular complexity index is 406. The molecule has 0 unspecified atom stereocenters. The summed E-state index contributed by atoms with van der Waals surface area (Å²) in [4.78, 5) is 11.3. The Hall–Kier alpha value is -0.840. The molecule has 1 aliphatic carbocycles. The molecule has 0 aliphatic heterocycles. The van der Waals surface area contributed by atoms with Crippen LogP contribution in [0.15, 0.2) is 15.5 Å². The summed E-state index contributed by atoms with van der Waals surface area (Å²) in [7, 11) is 0. The van der Waals surface area contributed by atoms with Crippen molar-refractivity contribution < 1.29 is 0 Å². The van der Waals surface area contributed by atoms with E-state index in [1.165, 1.54) is 19.3 Å². The van der Waals surface area contributed by atoms with Crippen molar-refractivity contribution in [1.29, 1.82) is 0 Å². The van der Waals surface area contributed by atoms with E-state index in [0.717, 1.165) is 12.1 Å². The van der Waals surface area contributed by atoms with E-state index in [1.54, 1.807) is 6.20 Å². The molecule has 0 atom stereocenters. The van der Waals surface area contributed by atoms with Crippen LogP contribution in [0.1, 0.15) is 32.6 Å². The van der Waals surface area contributed by atoms with E-state index < -0.39 is 0 Å². The van der Waals surface area contributed by atoms with Gasteiger partial charge in [0.1, 0.15) is 4.47 Å². The van der Waals surface area contributed by atoms with Gasteiger partial charge in [-0.05, 0) is 41.6 Å². The van der Waals surface area contributed by atoms with Crippen LogP contribution in [0, 0.1) is 0 Å². The van der Waals surface area contributed by atoms with Crippen molar-refractivity contribution >= 4 is 21.6 Å². The van der Waals surface area contributed by atoms with E-state index >= 15 is 0 Å². The lowest BCUT2D eigenvalue weighted by molar-refractivity contribution is 0.269. The molecular weight excluding hydrogens is 258 g/mol. The highest BCUT2D eigenvalue weighted by atomic mass is 79.9. The van der Waals surface area contributed by atoms with Crippen molar-refractivity contribution in [3.8, 4) is 0 Å². The van der Waals surface area contributed by atoms with Gasteiger partial charge in [-0.1, -0.05) is 6.92 Å². The van der Waals surface area contributed by atoms with Gasteiger partial charge in [0.15, 0.2) is 0 Å². The number of anilines is 1. The molecule has 1 aliphatic rings. The number of H-pyrrole nitrogens is 1. The Morgan fingerprint density at radius 3 is 2.93 bits per heavy atom. The zero-order valence-electron chi connectivity index (χ0n) is 8.64. The predicted molar refractivity (Wildman–Crippen MR) is 63.1 cm³/mol. The van der Waals surface area contributed by atoms with E-state index in [0.29, 0.717) is 4.47 Å². The molecule has 0 saturated heterocycles. The fraction of sp³-hybridized carbons (Fsp3) is 0.600. The summed E-state index contributed by atoms with van der Waals surface area (Å²) >= 11 is 3.27. The minimum absolute atomic E-state index is 0.179. The lowest BCUT2D eigenvalue weighted by Gasteiger charge is -2.42. The lowest BCUT2D eigenvalue weighted by atomic mass is 9.75. The van der Waals surface area contributed by atoms with Crippen molar-refractivity contribution in [1.82, 2.24) is 10.2 Å². The predicted octanol–water partition coefficient (Wildman–Crippen LogP) is 2.28. The number of hydrogen-bond acceptors (Lipinski definition) is 3. The molecule has 5 heteroatoms. The fourth-order valence-corrected chi connectivity index (χ4v) is 2.22. The molecule has 2 rings (SSSR count). The molecule has 1 aromatic heterocycles. The summed E-state index contributed by atoms with van der Waals surface area (Å²) in [5.41, 5.74) is 0.781. The molecule has 4 nitrogen and oxygen atoms in total. The maximum atomic E-state index is 11.3. The quantitative estimate of drug-likeness (QED) is 0.887. The Morgan fingerprint density at radius 1 is 1.67 bits per heavy atom. The van der Waals surface area contributed by atoms with Crippen LogP contribution in [0.5, 0.6) is 0 Å². The Balaban J connectivity index is 2.24. The monoisotopic (exact) mass is 271 g/mol. The van der Waals surface area contributed by atoms with Crippen molar-refractivity contribution in [2.45, 2.75) is 38.1 Å². The highest BCUT2D eigenvalue weighted by Crippen LogP contribution is 2.38. The van der Waals surface area contributed by atoms with Gasteiger partial charge in [-0.3, -0.25) is 4.79 Å². The Kier molecular flexibility index (Phi) is 2.82. The smallest absolute Gasteiger partial charge is 0.280 e. The Morgan fingerprint density at radius 2 is 2.40 bits per heavy atom. The highest BCUT2D eigenvalue weighted by Gasteiger charge is 2.35. The van der Waals surface area contributed by atoms with Crippen molar-refractivity contribution in [2.75, 3.05) is 5.32 Å². The lowest BCUT2D eigenvalue weighted by Crippen LogP contribution is -2.44. The first-order chi connectivity index (χ1) is 7.17. The number of rotatable bonds is 3. The number of hydrogen-bond donors (Lipinski definition) is 2. The van der Waals surface area contributed by atoms with Crippen molar-refractivity contribution in [2.24, 2.45) is 0 Å². The summed E-state index contributed by atoms with van der Waals surface area (Å²) in [6.07, 6.45) is 6.33. The van der Waals surface area contributed by atoms with E-state index in [2.05, 4.69) is 38.4 Å². The van der Waals surface area contributed by atoms with Crippen LogP contribution in [0.4, 0.5) is 5.69 Å². The molecule has 0 spiro atoms. The normalized spacial score (nSPS) is 18.3. The fourth-order valence-electron chi connectivity index (χ4n) is 1.93. The van der Waals surface area contributed by atoms with Gasteiger partial charge in [0.05, 0.1) is 11.9 Å². The van der Waals surface area contributed by atoms with E-state index in [4.69, 9.17) is 0 Å². The second-order valence-electron chi connectivity index (χ2n) is 4.04. The van der Waals surface area contributed by atoms with Crippen LogP contribution in [-0.2, 0) is 0 Å². The number of nitrogens with zero attached hydrogens (tertiary/aromatic N) is 1. The first-order valence-electron chi connectivity index (χ1n) is 5.18. The van der Waals surface area contributed by atoms with E-state index in [1.807, 2.05) is 0 Å². The van der Waals surface area contributed by atoms with Gasteiger partial charge in [-0.25, -0.2) is 5.10 Å². The Labute approximate surface area is 96.6 Å². The van der Waals surface area contributed by atoms with Crippen LogP contribution in [-0.4, -0.2) is 15.7 Å². The number of halogens is 1. The number of aromatic amines is 1. The molecule has 1 saturated carbocycles. The van der Waals surface area contributed by atoms with Crippen LogP contribution < -0.4 is 10.9 Å². The number of aromatic nitrogens is 2. The SMILES string of the molecule is CCC1(Nc2cn[nH]c(=O)c2Br)CCC1. The maximum Gasteiger partial charge on any atom is 0.280 e. The molecule has 2 N–H and O–H groups in total. The molecule has 82 valence electrons. The third kappa shape index (κ3) is 1.93. The molecule has 15 heavy (non-hydrogen) atoms. The molecular formula is C10H14BrN3O. The molecule has 1 fully saturated rings. The van der Waals surface area contributed by atoms with Gasteiger partial charge in [0, 0.05) is 5.54 Å². The second kappa shape index (κ2) is 3.96. The van der Waals surface area contributed by atoms with Gasteiger partial charge in [0.2, 0.25) is 0 Å². The average molecular weight is 272 g/mol. The molecule has 0 bridgehead atoms. The molecule has 1 aromatic rings. The molecule has 1 heterocycles. The summed E-state index contributed by atoms with van der Waals surface area (Å²) < 4.78 is 0.539. The summed E-state index contributed by atoms with van der Waals surface area (Å²) in [6, 6.07) is 0. The van der Waals surface area contributed by atoms with Gasteiger partial charge >= 0.3 is 0 Å². The largest absolute Gasteiger partial charge is 0.377 e. The van der Waals surface area contributed by atoms with E-state index in [-0.39, 0.29) is 11.1 Å². The average Bonchev–Trinajstić information content (AvgIpc) is 2.18. The third-order valence-corrected chi connectivity index (χ3v) is 3.97. The summed E-state index contributed by atoms with van der Waals surface area (Å²) in [5, 5.41) is 9.60. The topological polar surface area (TPSA) is 57.8 Å². The van der Waals surface area contributed by atoms with Crippen molar-refractivity contribution in [3.63, 3.8) is 0 Å². The van der Waals surface area contributed by atoms with Crippen LogP contribution >= 0.6 is 15.9 Å². The molecule has 0 radical (unpaired) electrons. The zero-order chi connectivity index (χ0) is 10.9.